The largest absolute Gasteiger partial charge is 0.466 e. The van der Waals surface area contributed by atoms with Crippen molar-refractivity contribution in [3.8, 4) is 0 Å². The first-order valence-electron chi connectivity index (χ1n) is 11.1. The Morgan fingerprint density at radius 3 is 2.38 bits per heavy atom. The number of aryl methyl sites for hydroxylation is 1. The van der Waals surface area contributed by atoms with Crippen molar-refractivity contribution in [2.75, 3.05) is 28.9 Å². The summed E-state index contributed by atoms with van der Waals surface area (Å²) in [6.45, 7) is 5.98. The zero-order valence-corrected chi connectivity index (χ0v) is 19.5. The minimum absolute atomic E-state index is 0.137. The van der Waals surface area contributed by atoms with Gasteiger partial charge in [0.05, 0.1) is 36.6 Å². The number of amides is 2. The molecule has 1 aliphatic heterocycles. The second-order valence-corrected chi connectivity index (χ2v) is 7.25. The van der Waals surface area contributed by atoms with Crippen LogP contribution in [0.3, 0.4) is 0 Å². The molecule has 1 aliphatic rings. The molecule has 0 unspecified atom stereocenters. The molecule has 0 aliphatic carbocycles. The van der Waals surface area contributed by atoms with Crippen molar-refractivity contribution >= 4 is 40.7 Å². The molecule has 2 aromatic rings. The van der Waals surface area contributed by atoms with Gasteiger partial charge < -0.3 is 14.8 Å². The van der Waals surface area contributed by atoms with Gasteiger partial charge in [-0.05, 0) is 56.2 Å². The molecule has 9 heteroatoms. The number of nitrogens with zero attached hydrogens (tertiary/aromatic N) is 2. The number of carbonyl (C=O) groups excluding carboxylic acids is 3. The van der Waals surface area contributed by atoms with E-state index in [4.69, 9.17) is 9.47 Å². The molecule has 0 spiro atoms. The second-order valence-electron chi connectivity index (χ2n) is 7.25. The summed E-state index contributed by atoms with van der Waals surface area (Å²) in [6, 6.07) is 14.3. The Morgan fingerprint density at radius 2 is 1.71 bits per heavy atom. The van der Waals surface area contributed by atoms with Crippen LogP contribution >= 0.6 is 0 Å². The van der Waals surface area contributed by atoms with E-state index < -0.39 is 12.1 Å². The van der Waals surface area contributed by atoms with E-state index in [0.29, 0.717) is 17.1 Å². The number of hydrazone groups is 1. The number of carbonyl (C=O) groups is 3. The van der Waals surface area contributed by atoms with Gasteiger partial charge in [-0.3, -0.25) is 14.9 Å². The molecule has 0 aromatic heterocycles. The summed E-state index contributed by atoms with van der Waals surface area (Å²) in [5, 5.41) is 11.4. The van der Waals surface area contributed by atoms with E-state index in [2.05, 4.69) is 15.7 Å². The fraction of sp³-hybridized carbons (Fsp3) is 0.280. The molecule has 0 bridgehead atoms. The van der Waals surface area contributed by atoms with Crippen LogP contribution in [-0.4, -0.2) is 36.9 Å². The molecule has 2 N–H and O–H groups in total. The zero-order valence-electron chi connectivity index (χ0n) is 19.5. The molecule has 0 fully saturated rings. The van der Waals surface area contributed by atoms with Crippen LogP contribution in [0.15, 0.2) is 65.4 Å². The molecule has 0 saturated heterocycles. The molecular weight excluding hydrogens is 436 g/mol. The normalized spacial score (nSPS) is 14.1. The molecule has 2 amide bonds. The summed E-state index contributed by atoms with van der Waals surface area (Å²) in [4.78, 5) is 37.0. The average Bonchev–Trinajstić information content (AvgIpc) is 3.13. The van der Waals surface area contributed by atoms with Crippen molar-refractivity contribution < 1.29 is 23.9 Å². The molecule has 34 heavy (non-hydrogen) atoms. The summed E-state index contributed by atoms with van der Waals surface area (Å²) < 4.78 is 9.91. The zero-order chi connectivity index (χ0) is 24.5. The fourth-order valence-electron chi connectivity index (χ4n) is 3.35. The maximum atomic E-state index is 13.2. The predicted octanol–water partition coefficient (Wildman–Crippen LogP) is 4.47. The number of anilines is 3. The van der Waals surface area contributed by atoms with E-state index in [0.717, 1.165) is 17.7 Å². The standard InChI is InChI=1S/C25H28N4O5/c1-4-17-9-7-8-10-21(17)26-16-20-22(15-23(30)33-5-2)28-29(24(20)31)19-13-11-18(12-14-19)27-25(32)34-6-3/h7-14,16,26H,4-6,15H2,1-3H3,(H,27,32). The van der Waals surface area contributed by atoms with Crippen molar-refractivity contribution in [1.82, 2.24) is 0 Å². The van der Waals surface area contributed by atoms with Crippen molar-refractivity contribution in [3.05, 3.63) is 65.9 Å². The molecule has 2 aromatic carbocycles. The Hall–Kier alpha value is -4.14. The van der Waals surface area contributed by atoms with Crippen LogP contribution in [0.2, 0.25) is 0 Å². The Morgan fingerprint density at radius 1 is 1.00 bits per heavy atom. The SMILES string of the molecule is CCOC(=O)CC1=NN(c2ccc(NC(=O)OCC)cc2)C(=O)C1=CNc1ccccc1CC. The Bertz CT molecular complexity index is 1110. The fourth-order valence-corrected chi connectivity index (χ4v) is 3.35. The number of esters is 1. The average molecular weight is 465 g/mol. The lowest BCUT2D eigenvalue weighted by Gasteiger charge is -2.13. The smallest absolute Gasteiger partial charge is 0.411 e. The van der Waals surface area contributed by atoms with E-state index in [1.807, 2.05) is 31.2 Å². The van der Waals surface area contributed by atoms with Gasteiger partial charge >= 0.3 is 12.1 Å². The third kappa shape index (κ3) is 6.00. The number of hydrogen-bond acceptors (Lipinski definition) is 7. The molecule has 178 valence electrons. The summed E-state index contributed by atoms with van der Waals surface area (Å²) in [5.74, 6) is -0.850. The molecule has 1 heterocycles. The minimum Gasteiger partial charge on any atom is -0.466 e. The topological polar surface area (TPSA) is 109 Å². The lowest BCUT2D eigenvalue weighted by molar-refractivity contribution is -0.141. The van der Waals surface area contributed by atoms with Crippen LogP contribution in [0.25, 0.3) is 0 Å². The van der Waals surface area contributed by atoms with Crippen LogP contribution in [0.1, 0.15) is 32.8 Å². The Balaban J connectivity index is 1.85. The first-order valence-corrected chi connectivity index (χ1v) is 11.1. The first kappa shape index (κ1) is 24.5. The van der Waals surface area contributed by atoms with Crippen molar-refractivity contribution in [1.29, 1.82) is 0 Å². The van der Waals surface area contributed by atoms with Crippen molar-refractivity contribution in [2.45, 2.75) is 33.6 Å². The van der Waals surface area contributed by atoms with Gasteiger partial charge in [0.25, 0.3) is 5.91 Å². The van der Waals surface area contributed by atoms with Gasteiger partial charge in [-0.15, -0.1) is 0 Å². The molecule has 3 rings (SSSR count). The maximum absolute atomic E-state index is 13.2. The lowest BCUT2D eigenvalue weighted by atomic mass is 10.1. The van der Waals surface area contributed by atoms with Gasteiger partial charge in [-0.1, -0.05) is 25.1 Å². The van der Waals surface area contributed by atoms with Crippen molar-refractivity contribution in [3.63, 3.8) is 0 Å². The minimum atomic E-state index is -0.564. The molecule has 0 saturated carbocycles. The van der Waals surface area contributed by atoms with E-state index in [9.17, 15) is 14.4 Å². The van der Waals surface area contributed by atoms with Crippen LogP contribution in [0.5, 0.6) is 0 Å². The highest BCUT2D eigenvalue weighted by atomic mass is 16.5. The highest BCUT2D eigenvalue weighted by Gasteiger charge is 2.32. The van der Waals surface area contributed by atoms with Crippen LogP contribution in [-0.2, 0) is 25.5 Å². The highest BCUT2D eigenvalue weighted by Crippen LogP contribution is 2.27. The molecule has 9 nitrogen and oxygen atoms in total. The summed E-state index contributed by atoms with van der Waals surface area (Å²) in [6.07, 6.45) is 1.70. The second kappa shape index (κ2) is 11.6. The van der Waals surface area contributed by atoms with Crippen LogP contribution in [0.4, 0.5) is 21.9 Å². The third-order valence-electron chi connectivity index (χ3n) is 4.98. The maximum Gasteiger partial charge on any atom is 0.411 e. The number of para-hydroxylation sites is 1. The number of benzene rings is 2. The monoisotopic (exact) mass is 464 g/mol. The van der Waals surface area contributed by atoms with E-state index in [-0.39, 0.29) is 31.1 Å². The highest BCUT2D eigenvalue weighted by molar-refractivity contribution is 6.32. The van der Waals surface area contributed by atoms with E-state index in [1.54, 1.807) is 44.3 Å². The molecule has 0 atom stereocenters. The lowest BCUT2D eigenvalue weighted by Crippen LogP contribution is -2.22. The number of ether oxygens (including phenoxy) is 2. The van der Waals surface area contributed by atoms with Crippen LogP contribution in [0, 0.1) is 0 Å². The number of nitrogens with one attached hydrogen (secondary N) is 2. The van der Waals surface area contributed by atoms with Gasteiger partial charge in [0.2, 0.25) is 0 Å². The van der Waals surface area contributed by atoms with Gasteiger partial charge in [0, 0.05) is 17.6 Å². The first-order chi connectivity index (χ1) is 16.5. The summed E-state index contributed by atoms with van der Waals surface area (Å²) in [7, 11) is 0. The third-order valence-corrected chi connectivity index (χ3v) is 4.98. The van der Waals surface area contributed by atoms with Gasteiger partial charge in [-0.25, -0.2) is 4.79 Å². The van der Waals surface area contributed by atoms with Crippen LogP contribution < -0.4 is 15.6 Å². The Kier molecular flexibility index (Phi) is 8.39. The number of hydrogen-bond donors (Lipinski definition) is 2. The van der Waals surface area contributed by atoms with Gasteiger partial charge in [0.1, 0.15) is 0 Å². The van der Waals surface area contributed by atoms with E-state index >= 15 is 0 Å². The molecular formula is C25H28N4O5. The molecule has 0 radical (unpaired) electrons. The summed E-state index contributed by atoms with van der Waals surface area (Å²) in [5.41, 5.74) is 3.53. The van der Waals surface area contributed by atoms with Gasteiger partial charge in [0.15, 0.2) is 0 Å². The van der Waals surface area contributed by atoms with E-state index in [1.165, 1.54) is 5.01 Å². The quantitative estimate of drug-likeness (QED) is 0.419. The van der Waals surface area contributed by atoms with Gasteiger partial charge in [-0.2, -0.15) is 10.1 Å². The summed E-state index contributed by atoms with van der Waals surface area (Å²) >= 11 is 0. The Labute approximate surface area is 198 Å². The van der Waals surface area contributed by atoms with Crippen molar-refractivity contribution in [2.24, 2.45) is 5.10 Å². The predicted molar refractivity (Wildman–Crippen MR) is 131 cm³/mol. The number of rotatable bonds is 9.